The van der Waals surface area contributed by atoms with E-state index in [1.54, 1.807) is 30.8 Å². The second-order valence-corrected chi connectivity index (χ2v) is 6.85. The van der Waals surface area contributed by atoms with Crippen molar-refractivity contribution in [2.75, 3.05) is 13.4 Å². The molecule has 1 atom stereocenters. The summed E-state index contributed by atoms with van der Waals surface area (Å²) in [5.41, 5.74) is 7.17. The standard InChI is InChI=1S/C20H24N2O4S/c1-12-7-6-8-17(13(12)2)26-14(3)19(23)21-22-20(24)16-10-9-15(27-5)11-18(16)25-4/h6-11,14H,1-5H3,(H,21,23)(H,22,24)/t14-/m0/s1. The summed E-state index contributed by atoms with van der Waals surface area (Å²) >= 11 is 1.55. The summed E-state index contributed by atoms with van der Waals surface area (Å²) in [4.78, 5) is 25.6. The van der Waals surface area contributed by atoms with Gasteiger partial charge in [-0.2, -0.15) is 0 Å². The van der Waals surface area contributed by atoms with Gasteiger partial charge < -0.3 is 9.47 Å². The quantitative estimate of drug-likeness (QED) is 0.587. The van der Waals surface area contributed by atoms with Crippen LogP contribution in [0, 0.1) is 13.8 Å². The molecule has 0 unspecified atom stereocenters. The van der Waals surface area contributed by atoms with Crippen LogP contribution in [0.25, 0.3) is 0 Å². The summed E-state index contributed by atoms with van der Waals surface area (Å²) < 4.78 is 11.0. The van der Waals surface area contributed by atoms with Crippen LogP contribution in [-0.4, -0.2) is 31.3 Å². The predicted molar refractivity (Wildman–Crippen MR) is 106 cm³/mol. The summed E-state index contributed by atoms with van der Waals surface area (Å²) in [5, 5.41) is 0. The molecule has 0 fully saturated rings. The van der Waals surface area contributed by atoms with Gasteiger partial charge in [0.2, 0.25) is 0 Å². The van der Waals surface area contributed by atoms with Gasteiger partial charge in [-0.05, 0) is 62.4 Å². The van der Waals surface area contributed by atoms with Gasteiger partial charge in [-0.1, -0.05) is 12.1 Å². The van der Waals surface area contributed by atoms with E-state index in [1.807, 2.05) is 44.4 Å². The number of aryl methyl sites for hydroxylation is 1. The van der Waals surface area contributed by atoms with E-state index in [2.05, 4.69) is 10.9 Å². The van der Waals surface area contributed by atoms with Gasteiger partial charge in [0.1, 0.15) is 11.5 Å². The molecule has 27 heavy (non-hydrogen) atoms. The first kappa shape index (κ1) is 20.6. The molecular weight excluding hydrogens is 364 g/mol. The number of hydrazine groups is 1. The molecule has 0 aromatic heterocycles. The number of methoxy groups -OCH3 is 1. The van der Waals surface area contributed by atoms with E-state index < -0.39 is 17.9 Å². The predicted octanol–water partition coefficient (Wildman–Crippen LogP) is 3.26. The van der Waals surface area contributed by atoms with Crippen molar-refractivity contribution in [3.63, 3.8) is 0 Å². The lowest BCUT2D eigenvalue weighted by Gasteiger charge is -2.17. The van der Waals surface area contributed by atoms with Crippen LogP contribution < -0.4 is 20.3 Å². The third kappa shape index (κ3) is 5.17. The maximum Gasteiger partial charge on any atom is 0.279 e. The maximum absolute atomic E-state index is 12.4. The van der Waals surface area contributed by atoms with Crippen molar-refractivity contribution < 1.29 is 19.1 Å². The van der Waals surface area contributed by atoms with Gasteiger partial charge >= 0.3 is 0 Å². The lowest BCUT2D eigenvalue weighted by molar-refractivity contribution is -0.128. The summed E-state index contributed by atoms with van der Waals surface area (Å²) in [6.45, 7) is 5.53. The molecule has 144 valence electrons. The molecule has 0 spiro atoms. The monoisotopic (exact) mass is 388 g/mol. The Balaban J connectivity index is 1.98. The molecule has 0 heterocycles. The zero-order valence-electron chi connectivity index (χ0n) is 16.1. The number of hydrogen-bond acceptors (Lipinski definition) is 5. The molecule has 0 saturated heterocycles. The van der Waals surface area contributed by atoms with Gasteiger partial charge in [-0.3, -0.25) is 20.4 Å². The Kier molecular flexibility index (Phi) is 7.12. The van der Waals surface area contributed by atoms with Crippen LogP contribution in [0.15, 0.2) is 41.3 Å². The number of hydrogen-bond donors (Lipinski definition) is 2. The Labute approximate surface area is 163 Å². The van der Waals surface area contributed by atoms with Crippen LogP contribution in [0.2, 0.25) is 0 Å². The molecule has 0 aliphatic carbocycles. The first-order valence-corrected chi connectivity index (χ1v) is 9.65. The first-order valence-electron chi connectivity index (χ1n) is 8.42. The molecule has 0 bridgehead atoms. The van der Waals surface area contributed by atoms with Gasteiger partial charge in [0.15, 0.2) is 6.10 Å². The summed E-state index contributed by atoms with van der Waals surface area (Å²) in [6.07, 6.45) is 1.16. The van der Waals surface area contributed by atoms with Gasteiger partial charge in [0.25, 0.3) is 11.8 Å². The SMILES string of the molecule is COc1cc(SC)ccc1C(=O)NNC(=O)[C@H](C)Oc1cccc(C)c1C. The first-order chi connectivity index (χ1) is 12.9. The molecule has 2 amide bonds. The molecular formula is C20H24N2O4S. The lowest BCUT2D eigenvalue weighted by Crippen LogP contribution is -2.47. The van der Waals surface area contributed by atoms with E-state index in [9.17, 15) is 9.59 Å². The Morgan fingerprint density at radius 2 is 1.81 bits per heavy atom. The van der Waals surface area contributed by atoms with E-state index in [-0.39, 0.29) is 0 Å². The molecule has 0 radical (unpaired) electrons. The van der Waals surface area contributed by atoms with Crippen molar-refractivity contribution in [3.05, 3.63) is 53.1 Å². The Morgan fingerprint density at radius 1 is 1.07 bits per heavy atom. The van der Waals surface area contributed by atoms with Crippen LogP contribution in [0.1, 0.15) is 28.4 Å². The Morgan fingerprint density at radius 3 is 2.48 bits per heavy atom. The number of carbonyl (C=O) groups is 2. The number of ether oxygens (including phenoxy) is 2. The fourth-order valence-electron chi connectivity index (χ4n) is 2.37. The number of rotatable bonds is 6. The average Bonchev–Trinajstić information content (AvgIpc) is 2.68. The molecule has 7 heteroatoms. The Hall–Kier alpha value is -2.67. The maximum atomic E-state index is 12.4. The van der Waals surface area contributed by atoms with Crippen LogP contribution in [0.5, 0.6) is 11.5 Å². The van der Waals surface area contributed by atoms with Crippen LogP contribution in [0.3, 0.4) is 0 Å². The molecule has 0 aliphatic rings. The molecule has 2 N–H and O–H groups in total. The Bertz CT molecular complexity index is 839. The minimum Gasteiger partial charge on any atom is -0.496 e. The lowest BCUT2D eigenvalue weighted by atomic mass is 10.1. The van der Waals surface area contributed by atoms with E-state index in [4.69, 9.17) is 9.47 Å². The van der Waals surface area contributed by atoms with E-state index in [0.29, 0.717) is 17.1 Å². The van der Waals surface area contributed by atoms with Gasteiger partial charge in [-0.25, -0.2) is 0 Å². The molecule has 6 nitrogen and oxygen atoms in total. The number of carbonyl (C=O) groups excluding carboxylic acids is 2. The highest BCUT2D eigenvalue weighted by Crippen LogP contribution is 2.25. The van der Waals surface area contributed by atoms with Crippen molar-refractivity contribution >= 4 is 23.6 Å². The third-order valence-corrected chi connectivity index (χ3v) is 4.91. The van der Waals surface area contributed by atoms with Gasteiger partial charge in [-0.15, -0.1) is 11.8 Å². The van der Waals surface area contributed by atoms with Crippen LogP contribution in [0.4, 0.5) is 0 Å². The fraction of sp³-hybridized carbons (Fsp3) is 0.300. The molecule has 2 rings (SSSR count). The minimum absolute atomic E-state index is 0.332. The number of thioether (sulfide) groups is 1. The summed E-state index contributed by atoms with van der Waals surface area (Å²) in [6, 6.07) is 10.9. The van der Waals surface area contributed by atoms with Gasteiger partial charge in [0, 0.05) is 4.90 Å². The topological polar surface area (TPSA) is 76.7 Å². The fourth-order valence-corrected chi connectivity index (χ4v) is 2.80. The largest absolute Gasteiger partial charge is 0.496 e. The summed E-state index contributed by atoms with van der Waals surface area (Å²) in [7, 11) is 1.49. The highest BCUT2D eigenvalue weighted by Gasteiger charge is 2.18. The number of benzene rings is 2. The number of amides is 2. The zero-order valence-corrected chi connectivity index (χ0v) is 16.9. The third-order valence-electron chi connectivity index (χ3n) is 4.18. The molecule has 0 saturated carbocycles. The van der Waals surface area contributed by atoms with Crippen molar-refractivity contribution in [2.45, 2.75) is 31.8 Å². The summed E-state index contributed by atoms with van der Waals surface area (Å²) in [5.74, 6) is 0.155. The highest BCUT2D eigenvalue weighted by molar-refractivity contribution is 7.98. The zero-order chi connectivity index (χ0) is 20.0. The van der Waals surface area contributed by atoms with Crippen LogP contribution >= 0.6 is 11.8 Å². The molecule has 2 aromatic carbocycles. The van der Waals surface area contributed by atoms with E-state index in [0.717, 1.165) is 16.0 Å². The second-order valence-electron chi connectivity index (χ2n) is 5.97. The normalized spacial score (nSPS) is 11.4. The van der Waals surface area contributed by atoms with Gasteiger partial charge in [0.05, 0.1) is 12.7 Å². The number of nitrogens with one attached hydrogen (secondary N) is 2. The highest BCUT2D eigenvalue weighted by atomic mass is 32.2. The van der Waals surface area contributed by atoms with Crippen molar-refractivity contribution in [2.24, 2.45) is 0 Å². The van der Waals surface area contributed by atoms with E-state index >= 15 is 0 Å². The second kappa shape index (κ2) is 9.32. The van der Waals surface area contributed by atoms with Crippen molar-refractivity contribution in [3.8, 4) is 11.5 Å². The smallest absolute Gasteiger partial charge is 0.279 e. The van der Waals surface area contributed by atoms with Crippen molar-refractivity contribution in [1.29, 1.82) is 0 Å². The molecule has 2 aromatic rings. The average molecular weight is 388 g/mol. The van der Waals surface area contributed by atoms with Crippen LogP contribution in [-0.2, 0) is 4.79 Å². The molecule has 0 aliphatic heterocycles. The van der Waals surface area contributed by atoms with E-state index in [1.165, 1.54) is 7.11 Å². The minimum atomic E-state index is -0.772. The van der Waals surface area contributed by atoms with Crippen molar-refractivity contribution in [1.82, 2.24) is 10.9 Å².